The fourth-order valence-corrected chi connectivity index (χ4v) is 2.43. The molecule has 1 aromatic heterocycles. The summed E-state index contributed by atoms with van der Waals surface area (Å²) in [4.78, 5) is 4.32. The summed E-state index contributed by atoms with van der Waals surface area (Å²) >= 11 is 0. The molecule has 0 saturated heterocycles. The molecule has 2 atom stereocenters. The van der Waals surface area contributed by atoms with Gasteiger partial charge in [-0.15, -0.1) is 0 Å². The van der Waals surface area contributed by atoms with Gasteiger partial charge in [0, 0.05) is 24.7 Å². The van der Waals surface area contributed by atoms with Crippen LogP contribution in [0.1, 0.15) is 32.8 Å². The van der Waals surface area contributed by atoms with Crippen molar-refractivity contribution in [1.29, 1.82) is 0 Å². The van der Waals surface area contributed by atoms with Gasteiger partial charge in [0.15, 0.2) is 0 Å². The van der Waals surface area contributed by atoms with E-state index in [2.05, 4.69) is 17.2 Å². The summed E-state index contributed by atoms with van der Waals surface area (Å²) in [6.45, 7) is 6.87. The maximum absolute atomic E-state index is 13.6. The zero-order valence-corrected chi connectivity index (χ0v) is 12.9. The van der Waals surface area contributed by atoms with Gasteiger partial charge in [0.2, 0.25) is 0 Å². The summed E-state index contributed by atoms with van der Waals surface area (Å²) in [6, 6.07) is 6.64. The highest BCUT2D eigenvalue weighted by atomic mass is 19.1. The molecule has 4 heteroatoms. The topological polar surface area (TPSA) is 45.1 Å². The molecule has 0 saturated carbocycles. The van der Waals surface area contributed by atoms with E-state index in [1.807, 2.05) is 19.9 Å². The quantitative estimate of drug-likeness (QED) is 0.858. The minimum atomic E-state index is -0.773. The second-order valence-electron chi connectivity index (χ2n) is 5.91. The van der Waals surface area contributed by atoms with E-state index in [1.54, 1.807) is 12.3 Å². The summed E-state index contributed by atoms with van der Waals surface area (Å²) in [5.41, 5.74) is 0.839. The lowest BCUT2D eigenvalue weighted by molar-refractivity contribution is 0.00536. The highest BCUT2D eigenvalue weighted by Gasteiger charge is 2.26. The van der Waals surface area contributed by atoms with Gasteiger partial charge in [0.25, 0.3) is 0 Å². The molecule has 0 fully saturated rings. The first-order valence-electron chi connectivity index (χ1n) is 7.40. The fourth-order valence-electron chi connectivity index (χ4n) is 2.43. The molecule has 0 spiro atoms. The number of rotatable bonds is 6. The molecule has 0 radical (unpaired) electrons. The predicted octanol–water partition coefficient (Wildman–Crippen LogP) is 3.26. The molecular weight excluding hydrogens is 267 g/mol. The predicted molar refractivity (Wildman–Crippen MR) is 83.5 cm³/mol. The van der Waals surface area contributed by atoms with Crippen LogP contribution in [0.25, 0.3) is 10.9 Å². The number of fused-ring (bicyclic) bond motifs is 1. The number of pyridine rings is 1. The average Bonchev–Trinajstić information content (AvgIpc) is 2.45. The summed E-state index contributed by atoms with van der Waals surface area (Å²) < 4.78 is 13.6. The molecule has 0 aliphatic carbocycles. The smallest absolute Gasteiger partial charge is 0.124 e. The van der Waals surface area contributed by atoms with Gasteiger partial charge in [0.05, 0.1) is 11.1 Å². The van der Waals surface area contributed by atoms with E-state index < -0.39 is 5.60 Å². The van der Waals surface area contributed by atoms with Crippen LogP contribution in [0.15, 0.2) is 30.5 Å². The number of halogens is 1. The zero-order valence-electron chi connectivity index (χ0n) is 12.9. The van der Waals surface area contributed by atoms with Crippen LogP contribution in [0.4, 0.5) is 4.39 Å². The standard InChI is InChI=1S/C17H23FN2O/c1-4-12(2)17(3,21)11-19-10-14-9-15(18)8-13-6-5-7-20-16(13)14/h5-9,12,19,21H,4,10-11H2,1-3H3. The highest BCUT2D eigenvalue weighted by Crippen LogP contribution is 2.21. The van der Waals surface area contributed by atoms with E-state index in [0.29, 0.717) is 13.1 Å². The minimum absolute atomic E-state index is 0.201. The molecule has 3 nitrogen and oxygen atoms in total. The number of nitrogens with zero attached hydrogens (tertiary/aromatic N) is 1. The Morgan fingerprint density at radius 3 is 2.90 bits per heavy atom. The van der Waals surface area contributed by atoms with Crippen molar-refractivity contribution in [3.8, 4) is 0 Å². The van der Waals surface area contributed by atoms with Crippen LogP contribution < -0.4 is 5.32 Å². The molecule has 2 rings (SSSR count). The molecule has 114 valence electrons. The minimum Gasteiger partial charge on any atom is -0.389 e. The first-order chi connectivity index (χ1) is 9.94. The average molecular weight is 290 g/mol. The monoisotopic (exact) mass is 290 g/mol. The molecule has 2 unspecified atom stereocenters. The van der Waals surface area contributed by atoms with Gasteiger partial charge in [-0.2, -0.15) is 0 Å². The molecule has 2 N–H and O–H groups in total. The Labute approximate surface area is 125 Å². The van der Waals surface area contributed by atoms with E-state index in [1.165, 1.54) is 12.1 Å². The molecule has 0 amide bonds. The molecule has 1 aromatic carbocycles. The van der Waals surface area contributed by atoms with Crippen LogP contribution in [0.5, 0.6) is 0 Å². The fraction of sp³-hybridized carbons (Fsp3) is 0.471. The molecule has 1 heterocycles. The lowest BCUT2D eigenvalue weighted by Gasteiger charge is -2.30. The third kappa shape index (κ3) is 3.77. The van der Waals surface area contributed by atoms with Gasteiger partial charge in [0.1, 0.15) is 5.82 Å². The zero-order chi connectivity index (χ0) is 15.5. The summed E-state index contributed by atoms with van der Waals surface area (Å²) in [5, 5.41) is 14.4. The van der Waals surface area contributed by atoms with Crippen molar-refractivity contribution in [2.45, 2.75) is 39.3 Å². The van der Waals surface area contributed by atoms with Crippen molar-refractivity contribution in [1.82, 2.24) is 10.3 Å². The van der Waals surface area contributed by atoms with Crippen molar-refractivity contribution in [3.63, 3.8) is 0 Å². The summed E-state index contributed by atoms with van der Waals surface area (Å²) in [5.74, 6) is -0.0617. The van der Waals surface area contributed by atoms with Crippen LogP contribution in [0.3, 0.4) is 0 Å². The van der Waals surface area contributed by atoms with E-state index in [0.717, 1.165) is 22.9 Å². The molecule has 21 heavy (non-hydrogen) atoms. The molecule has 0 bridgehead atoms. The van der Waals surface area contributed by atoms with Gasteiger partial charge in [-0.3, -0.25) is 4.98 Å². The van der Waals surface area contributed by atoms with E-state index in [4.69, 9.17) is 0 Å². The molecule has 0 aliphatic heterocycles. The van der Waals surface area contributed by atoms with Crippen molar-refractivity contribution < 1.29 is 9.50 Å². The van der Waals surface area contributed by atoms with Crippen LogP contribution in [0, 0.1) is 11.7 Å². The van der Waals surface area contributed by atoms with Crippen LogP contribution in [-0.4, -0.2) is 22.2 Å². The van der Waals surface area contributed by atoms with Crippen LogP contribution in [-0.2, 0) is 6.54 Å². The highest BCUT2D eigenvalue weighted by molar-refractivity contribution is 5.81. The Morgan fingerprint density at radius 2 is 2.19 bits per heavy atom. The number of hydrogen-bond acceptors (Lipinski definition) is 3. The van der Waals surface area contributed by atoms with Crippen molar-refractivity contribution in [2.75, 3.05) is 6.54 Å². The molecule has 0 aliphatic rings. The van der Waals surface area contributed by atoms with Crippen LogP contribution in [0.2, 0.25) is 0 Å². The van der Waals surface area contributed by atoms with Crippen molar-refractivity contribution >= 4 is 10.9 Å². The SMILES string of the molecule is CCC(C)C(C)(O)CNCc1cc(F)cc2cccnc12. The van der Waals surface area contributed by atoms with Gasteiger partial charge >= 0.3 is 0 Å². The van der Waals surface area contributed by atoms with E-state index in [-0.39, 0.29) is 11.7 Å². The maximum atomic E-state index is 13.6. The molecule has 2 aromatic rings. The van der Waals surface area contributed by atoms with Gasteiger partial charge < -0.3 is 10.4 Å². The maximum Gasteiger partial charge on any atom is 0.124 e. The number of aromatic nitrogens is 1. The number of benzene rings is 1. The summed E-state index contributed by atoms with van der Waals surface area (Å²) in [6.07, 6.45) is 2.62. The van der Waals surface area contributed by atoms with E-state index >= 15 is 0 Å². The number of nitrogens with one attached hydrogen (secondary N) is 1. The normalized spacial score (nSPS) is 15.9. The Kier molecular flexibility index (Phi) is 4.91. The van der Waals surface area contributed by atoms with Gasteiger partial charge in [-0.05, 0) is 36.6 Å². The Balaban J connectivity index is 2.10. The Morgan fingerprint density at radius 1 is 1.43 bits per heavy atom. The summed E-state index contributed by atoms with van der Waals surface area (Å²) in [7, 11) is 0. The Hall–Kier alpha value is -1.52. The third-order valence-electron chi connectivity index (χ3n) is 4.22. The van der Waals surface area contributed by atoms with Gasteiger partial charge in [-0.1, -0.05) is 26.3 Å². The van der Waals surface area contributed by atoms with E-state index in [9.17, 15) is 9.50 Å². The second kappa shape index (κ2) is 6.50. The second-order valence-corrected chi connectivity index (χ2v) is 5.91. The van der Waals surface area contributed by atoms with Crippen molar-refractivity contribution in [2.24, 2.45) is 5.92 Å². The van der Waals surface area contributed by atoms with Gasteiger partial charge in [-0.25, -0.2) is 4.39 Å². The first kappa shape index (κ1) is 15.9. The third-order valence-corrected chi connectivity index (χ3v) is 4.22. The number of hydrogen-bond donors (Lipinski definition) is 2. The lowest BCUT2D eigenvalue weighted by atomic mass is 9.88. The first-order valence-corrected chi connectivity index (χ1v) is 7.40. The lowest BCUT2D eigenvalue weighted by Crippen LogP contribution is -2.42. The van der Waals surface area contributed by atoms with Crippen LogP contribution >= 0.6 is 0 Å². The van der Waals surface area contributed by atoms with Crippen molar-refractivity contribution in [3.05, 3.63) is 41.8 Å². The largest absolute Gasteiger partial charge is 0.389 e. The number of aliphatic hydroxyl groups is 1. The Bertz CT molecular complexity index is 613. The molecular formula is C17H23FN2O.